The average Bonchev–Trinajstić information content (AvgIpc) is 3.42. The van der Waals surface area contributed by atoms with Crippen molar-refractivity contribution in [2.45, 2.75) is 52.4 Å². The van der Waals surface area contributed by atoms with Gasteiger partial charge in [0.25, 0.3) is 0 Å². The van der Waals surface area contributed by atoms with Crippen LogP contribution in [0.15, 0.2) is 83.9 Å². The minimum atomic E-state index is 1.04. The number of H-pyrrole nitrogens is 1. The normalized spacial score (nSPS) is 12.3. The second-order valence-electron chi connectivity index (χ2n) is 9.80. The van der Waals surface area contributed by atoms with E-state index in [2.05, 4.69) is 97.7 Å². The first-order valence-electron chi connectivity index (χ1n) is 13.1. The molecule has 1 aliphatic rings. The summed E-state index contributed by atoms with van der Waals surface area (Å²) >= 11 is 0. The van der Waals surface area contributed by atoms with Gasteiger partial charge in [-0.25, -0.2) is 4.99 Å². The van der Waals surface area contributed by atoms with Crippen molar-refractivity contribution in [2.75, 3.05) is 0 Å². The maximum Gasteiger partial charge on any atom is 0.0881 e. The molecule has 6 rings (SSSR count). The predicted molar refractivity (Wildman–Crippen MR) is 150 cm³/mol. The van der Waals surface area contributed by atoms with E-state index in [4.69, 9.17) is 4.99 Å². The van der Waals surface area contributed by atoms with Crippen molar-refractivity contribution >= 4 is 33.2 Å². The van der Waals surface area contributed by atoms with Crippen LogP contribution in [0, 0.1) is 0 Å². The van der Waals surface area contributed by atoms with Crippen molar-refractivity contribution in [1.82, 2.24) is 4.98 Å². The first kappa shape index (κ1) is 21.9. The molecule has 4 aromatic carbocycles. The van der Waals surface area contributed by atoms with Crippen molar-refractivity contribution in [3.63, 3.8) is 0 Å². The Bertz CT molecular complexity index is 1520. The van der Waals surface area contributed by atoms with Gasteiger partial charge < -0.3 is 4.98 Å². The first-order valence-corrected chi connectivity index (χ1v) is 13.1. The molecule has 5 aromatic rings. The van der Waals surface area contributed by atoms with Gasteiger partial charge in [0.2, 0.25) is 0 Å². The van der Waals surface area contributed by atoms with E-state index in [0.717, 1.165) is 29.8 Å². The molecule has 0 amide bonds. The van der Waals surface area contributed by atoms with Crippen LogP contribution in [0.4, 0.5) is 5.69 Å². The summed E-state index contributed by atoms with van der Waals surface area (Å²) in [6.45, 7) is 4.52. The summed E-state index contributed by atoms with van der Waals surface area (Å²) in [5.74, 6) is 0. The van der Waals surface area contributed by atoms with Gasteiger partial charge in [0.15, 0.2) is 0 Å². The van der Waals surface area contributed by atoms with Crippen LogP contribution in [0.3, 0.4) is 0 Å². The van der Waals surface area contributed by atoms with E-state index in [0.29, 0.717) is 0 Å². The van der Waals surface area contributed by atoms with Gasteiger partial charge >= 0.3 is 0 Å². The molecule has 0 unspecified atom stereocenters. The zero-order valence-electron chi connectivity index (χ0n) is 20.7. The first-order chi connectivity index (χ1) is 17.3. The van der Waals surface area contributed by atoms with Crippen LogP contribution < -0.4 is 0 Å². The second-order valence-corrected chi connectivity index (χ2v) is 9.80. The molecule has 2 nitrogen and oxygen atoms in total. The molecule has 0 saturated heterocycles. The Morgan fingerprint density at radius 1 is 0.629 bits per heavy atom. The number of hydrogen-bond donors (Lipinski definition) is 1. The standard InChI is InChI=1S/C33H32N2/c1-3-5-11-22-17-18-30-28(19-22)29-20-23(12-6-4-2)21-31(33(29)34-30)35-32-26-15-9-7-13-24(26)25-14-8-10-16-27(25)32/h7-10,13-21,34H,3-6,11-12H2,1-2H3. The highest BCUT2D eigenvalue weighted by atomic mass is 14.8. The van der Waals surface area contributed by atoms with Gasteiger partial charge in [-0.15, -0.1) is 0 Å². The summed E-state index contributed by atoms with van der Waals surface area (Å²) in [6.07, 6.45) is 7.05. The van der Waals surface area contributed by atoms with Gasteiger partial charge in [0.05, 0.1) is 16.9 Å². The van der Waals surface area contributed by atoms with Crippen LogP contribution in [0.1, 0.15) is 61.8 Å². The van der Waals surface area contributed by atoms with E-state index in [1.165, 1.54) is 75.4 Å². The smallest absolute Gasteiger partial charge is 0.0881 e. The second kappa shape index (κ2) is 9.19. The lowest BCUT2D eigenvalue weighted by Crippen LogP contribution is -1.97. The Kier molecular flexibility index (Phi) is 5.74. The summed E-state index contributed by atoms with van der Waals surface area (Å²) in [7, 11) is 0. The summed E-state index contributed by atoms with van der Waals surface area (Å²) < 4.78 is 0. The molecule has 174 valence electrons. The largest absolute Gasteiger partial charge is 0.353 e. The number of nitrogens with zero attached hydrogens (tertiary/aromatic N) is 1. The molecule has 1 aromatic heterocycles. The Morgan fingerprint density at radius 2 is 1.23 bits per heavy atom. The SMILES string of the molecule is CCCCc1ccc2[nH]c3c(N=C4c5ccccc5-c5ccccc54)cc(CCCC)cc3c2c1. The summed E-state index contributed by atoms with van der Waals surface area (Å²) in [6, 6.07) is 28.9. The Morgan fingerprint density at radius 3 is 1.89 bits per heavy atom. The molecule has 0 spiro atoms. The number of unbranched alkanes of at least 4 members (excludes halogenated alkanes) is 2. The summed E-state index contributed by atoms with van der Waals surface area (Å²) in [4.78, 5) is 9.12. The Hall–Kier alpha value is -3.65. The minimum Gasteiger partial charge on any atom is -0.353 e. The molecular formula is C33H32N2. The topological polar surface area (TPSA) is 28.1 Å². The van der Waals surface area contributed by atoms with E-state index >= 15 is 0 Å². The van der Waals surface area contributed by atoms with E-state index in [1.807, 2.05) is 0 Å². The fourth-order valence-corrected chi connectivity index (χ4v) is 5.47. The van der Waals surface area contributed by atoms with Crippen molar-refractivity contribution in [2.24, 2.45) is 4.99 Å². The number of benzene rings is 4. The number of aromatic amines is 1. The van der Waals surface area contributed by atoms with Crippen molar-refractivity contribution in [1.29, 1.82) is 0 Å². The van der Waals surface area contributed by atoms with E-state index in [-0.39, 0.29) is 0 Å². The van der Waals surface area contributed by atoms with Gasteiger partial charge in [0, 0.05) is 27.4 Å². The van der Waals surface area contributed by atoms with E-state index < -0.39 is 0 Å². The highest BCUT2D eigenvalue weighted by Gasteiger charge is 2.24. The third kappa shape index (κ3) is 3.87. The lowest BCUT2D eigenvalue weighted by molar-refractivity contribution is 0.795. The van der Waals surface area contributed by atoms with Crippen LogP contribution >= 0.6 is 0 Å². The predicted octanol–water partition coefficient (Wildman–Crippen LogP) is 9.16. The Labute approximate surface area is 207 Å². The number of rotatable bonds is 7. The fraction of sp³-hybridized carbons (Fsp3) is 0.242. The summed E-state index contributed by atoms with van der Waals surface area (Å²) in [5.41, 5.74) is 12.2. The molecule has 1 N–H and O–H groups in total. The number of aliphatic imine (C=N–C) groups is 1. The number of fused-ring (bicyclic) bond motifs is 6. The molecule has 0 aliphatic heterocycles. The number of aryl methyl sites for hydroxylation is 2. The van der Waals surface area contributed by atoms with Gasteiger partial charge in [-0.3, -0.25) is 0 Å². The molecule has 0 bridgehead atoms. The van der Waals surface area contributed by atoms with Gasteiger partial charge in [0.1, 0.15) is 0 Å². The van der Waals surface area contributed by atoms with Crippen molar-refractivity contribution in [3.8, 4) is 11.1 Å². The monoisotopic (exact) mass is 456 g/mol. The van der Waals surface area contributed by atoms with E-state index in [9.17, 15) is 0 Å². The highest BCUT2D eigenvalue weighted by Crippen LogP contribution is 2.40. The molecule has 1 heterocycles. The maximum absolute atomic E-state index is 5.39. The van der Waals surface area contributed by atoms with Gasteiger partial charge in [-0.2, -0.15) is 0 Å². The average molecular weight is 457 g/mol. The molecule has 0 fully saturated rings. The molecule has 1 aliphatic carbocycles. The zero-order chi connectivity index (χ0) is 23.8. The Balaban J connectivity index is 1.58. The van der Waals surface area contributed by atoms with Crippen LogP contribution in [-0.2, 0) is 12.8 Å². The number of aromatic nitrogens is 1. The van der Waals surface area contributed by atoms with Crippen LogP contribution in [0.5, 0.6) is 0 Å². The number of hydrogen-bond acceptors (Lipinski definition) is 1. The maximum atomic E-state index is 5.39. The molecule has 0 saturated carbocycles. The quantitative estimate of drug-likeness (QED) is 0.248. The van der Waals surface area contributed by atoms with Crippen LogP contribution in [0.25, 0.3) is 32.9 Å². The molecule has 0 atom stereocenters. The molecule has 2 heteroatoms. The number of nitrogens with one attached hydrogen (secondary N) is 1. The zero-order valence-corrected chi connectivity index (χ0v) is 20.7. The van der Waals surface area contributed by atoms with Gasteiger partial charge in [-0.05, 0) is 72.2 Å². The van der Waals surface area contributed by atoms with Crippen LogP contribution in [-0.4, -0.2) is 10.7 Å². The molecular weight excluding hydrogens is 424 g/mol. The lowest BCUT2D eigenvalue weighted by Gasteiger charge is -2.07. The van der Waals surface area contributed by atoms with Crippen molar-refractivity contribution in [3.05, 3.63) is 101 Å². The highest BCUT2D eigenvalue weighted by molar-refractivity contribution is 6.26. The minimum absolute atomic E-state index is 1.04. The lowest BCUT2D eigenvalue weighted by atomic mass is 10.0. The molecule has 35 heavy (non-hydrogen) atoms. The molecule has 0 radical (unpaired) electrons. The fourth-order valence-electron chi connectivity index (χ4n) is 5.47. The van der Waals surface area contributed by atoms with Gasteiger partial charge in [-0.1, -0.05) is 81.3 Å². The summed E-state index contributed by atoms with van der Waals surface area (Å²) in [5, 5.41) is 2.62. The van der Waals surface area contributed by atoms with Crippen molar-refractivity contribution < 1.29 is 0 Å². The van der Waals surface area contributed by atoms with Crippen LogP contribution in [0.2, 0.25) is 0 Å². The van der Waals surface area contributed by atoms with E-state index in [1.54, 1.807) is 0 Å². The third-order valence-corrected chi connectivity index (χ3v) is 7.34. The third-order valence-electron chi connectivity index (χ3n) is 7.34.